The molecule has 2 heterocycles. The van der Waals surface area contributed by atoms with Crippen LogP contribution < -0.4 is 10.1 Å². The highest BCUT2D eigenvalue weighted by Crippen LogP contribution is 2.23. The molecule has 2 aromatic rings. The molecule has 1 atom stereocenters. The molecule has 3 rings (SSSR count). The molecule has 1 N–H and O–H groups in total. The second kappa shape index (κ2) is 9.30. The molecular weight excluding hydrogens is 361 g/mol. The number of nitrogens with zero attached hydrogens (tertiary/aromatic N) is 2. The molecule has 1 aliphatic heterocycles. The first-order valence-corrected chi connectivity index (χ1v) is 9.40. The van der Waals surface area contributed by atoms with Crippen molar-refractivity contribution in [1.29, 1.82) is 0 Å². The summed E-state index contributed by atoms with van der Waals surface area (Å²) < 4.78 is 18.8. The normalized spacial score (nSPS) is 16.5. The summed E-state index contributed by atoms with van der Waals surface area (Å²) in [5.41, 5.74) is 0.550. The SMILES string of the molecule is COc1ccnc(C(=O)N2CCCC(CCC(=O)Nc3ccccc3F)C2)c1. The zero-order valence-electron chi connectivity index (χ0n) is 15.9. The van der Waals surface area contributed by atoms with E-state index in [1.54, 1.807) is 42.5 Å². The summed E-state index contributed by atoms with van der Waals surface area (Å²) in [7, 11) is 1.55. The lowest BCUT2D eigenvalue weighted by Gasteiger charge is -2.32. The molecular formula is C21H24FN3O3. The topological polar surface area (TPSA) is 71.5 Å². The second-order valence-corrected chi connectivity index (χ2v) is 6.91. The number of likely N-dealkylation sites (tertiary alicyclic amines) is 1. The fourth-order valence-electron chi connectivity index (χ4n) is 3.41. The van der Waals surface area contributed by atoms with Crippen LogP contribution in [0.2, 0.25) is 0 Å². The van der Waals surface area contributed by atoms with E-state index in [4.69, 9.17) is 4.74 Å². The van der Waals surface area contributed by atoms with Crippen LogP contribution in [0.5, 0.6) is 5.75 Å². The lowest BCUT2D eigenvalue weighted by molar-refractivity contribution is -0.116. The molecule has 1 aromatic carbocycles. The van der Waals surface area contributed by atoms with Gasteiger partial charge in [-0.2, -0.15) is 0 Å². The predicted molar refractivity (Wildman–Crippen MR) is 104 cm³/mol. The number of hydrogen-bond donors (Lipinski definition) is 1. The number of pyridine rings is 1. The number of carbonyl (C=O) groups is 2. The molecule has 28 heavy (non-hydrogen) atoms. The molecule has 0 aliphatic carbocycles. The molecule has 7 heteroatoms. The minimum atomic E-state index is -0.448. The Morgan fingerprint density at radius 2 is 2.14 bits per heavy atom. The molecule has 0 bridgehead atoms. The molecule has 0 radical (unpaired) electrons. The van der Waals surface area contributed by atoms with Crippen molar-refractivity contribution in [3.63, 3.8) is 0 Å². The van der Waals surface area contributed by atoms with Crippen LogP contribution in [0, 0.1) is 11.7 Å². The van der Waals surface area contributed by atoms with E-state index in [2.05, 4.69) is 10.3 Å². The summed E-state index contributed by atoms with van der Waals surface area (Å²) in [6.45, 7) is 1.26. The maximum Gasteiger partial charge on any atom is 0.272 e. The third kappa shape index (κ3) is 5.06. The highest BCUT2D eigenvalue weighted by atomic mass is 19.1. The van der Waals surface area contributed by atoms with E-state index in [1.807, 2.05) is 0 Å². The Labute approximate surface area is 163 Å². The number of para-hydroxylation sites is 1. The number of ether oxygens (including phenoxy) is 1. The van der Waals surface area contributed by atoms with Gasteiger partial charge in [0.2, 0.25) is 5.91 Å². The maximum atomic E-state index is 13.6. The molecule has 1 saturated heterocycles. The minimum Gasteiger partial charge on any atom is -0.497 e. The van der Waals surface area contributed by atoms with Crippen molar-refractivity contribution in [1.82, 2.24) is 9.88 Å². The monoisotopic (exact) mass is 385 g/mol. The number of hydrogen-bond acceptors (Lipinski definition) is 4. The molecule has 148 valence electrons. The standard InChI is InChI=1S/C21H24FN3O3/c1-28-16-10-11-23-19(13-16)21(27)25-12-4-5-15(14-25)8-9-20(26)24-18-7-3-2-6-17(18)22/h2-3,6-7,10-11,13,15H,4-5,8-9,12,14H2,1H3,(H,24,26). The fraction of sp³-hybridized carbons (Fsp3) is 0.381. The zero-order chi connectivity index (χ0) is 19.9. The Kier molecular flexibility index (Phi) is 6.57. The van der Waals surface area contributed by atoms with Crippen molar-refractivity contribution in [3.05, 3.63) is 54.1 Å². The van der Waals surface area contributed by atoms with Crippen LogP contribution >= 0.6 is 0 Å². The van der Waals surface area contributed by atoms with Gasteiger partial charge >= 0.3 is 0 Å². The zero-order valence-corrected chi connectivity index (χ0v) is 15.9. The van der Waals surface area contributed by atoms with Gasteiger partial charge in [-0.05, 0) is 43.4 Å². The van der Waals surface area contributed by atoms with Crippen LogP contribution in [-0.2, 0) is 4.79 Å². The maximum absolute atomic E-state index is 13.6. The van der Waals surface area contributed by atoms with E-state index in [9.17, 15) is 14.0 Å². The Balaban J connectivity index is 1.52. The van der Waals surface area contributed by atoms with Crippen LogP contribution in [0.1, 0.15) is 36.2 Å². The molecule has 1 fully saturated rings. The first-order chi connectivity index (χ1) is 13.6. The number of aromatic nitrogens is 1. The van der Waals surface area contributed by atoms with Crippen molar-refractivity contribution >= 4 is 17.5 Å². The Morgan fingerprint density at radius 1 is 1.32 bits per heavy atom. The highest BCUT2D eigenvalue weighted by molar-refractivity contribution is 5.93. The summed E-state index contributed by atoms with van der Waals surface area (Å²) >= 11 is 0. The van der Waals surface area contributed by atoms with Gasteiger partial charge in [-0.3, -0.25) is 14.6 Å². The molecule has 1 unspecified atom stereocenters. The van der Waals surface area contributed by atoms with Gasteiger partial charge < -0.3 is 15.0 Å². The summed E-state index contributed by atoms with van der Waals surface area (Å²) in [5, 5.41) is 2.60. The third-order valence-corrected chi connectivity index (χ3v) is 4.92. The van der Waals surface area contributed by atoms with Gasteiger partial charge in [0.15, 0.2) is 0 Å². The number of carbonyl (C=O) groups excluding carboxylic acids is 2. The van der Waals surface area contributed by atoms with Gasteiger partial charge in [-0.1, -0.05) is 12.1 Å². The number of methoxy groups -OCH3 is 1. The number of rotatable bonds is 6. The quantitative estimate of drug-likeness (QED) is 0.826. The fourth-order valence-corrected chi connectivity index (χ4v) is 3.41. The Hall–Kier alpha value is -2.96. The van der Waals surface area contributed by atoms with Gasteiger partial charge in [-0.25, -0.2) is 4.39 Å². The van der Waals surface area contributed by atoms with E-state index in [1.165, 1.54) is 12.1 Å². The largest absolute Gasteiger partial charge is 0.497 e. The average molecular weight is 385 g/mol. The smallest absolute Gasteiger partial charge is 0.272 e. The van der Waals surface area contributed by atoms with Gasteiger partial charge in [0, 0.05) is 31.8 Å². The minimum absolute atomic E-state index is 0.126. The van der Waals surface area contributed by atoms with E-state index in [0.29, 0.717) is 37.4 Å². The van der Waals surface area contributed by atoms with Crippen molar-refractivity contribution < 1.29 is 18.7 Å². The number of amides is 2. The van der Waals surface area contributed by atoms with Crippen LogP contribution in [-0.4, -0.2) is 41.9 Å². The van der Waals surface area contributed by atoms with Crippen LogP contribution in [0.25, 0.3) is 0 Å². The molecule has 0 spiro atoms. The number of anilines is 1. The van der Waals surface area contributed by atoms with Crippen LogP contribution in [0.15, 0.2) is 42.6 Å². The van der Waals surface area contributed by atoms with E-state index >= 15 is 0 Å². The lowest BCUT2D eigenvalue weighted by Crippen LogP contribution is -2.40. The Bertz CT molecular complexity index is 843. The second-order valence-electron chi connectivity index (χ2n) is 6.91. The van der Waals surface area contributed by atoms with Crippen molar-refractivity contribution in [2.24, 2.45) is 5.92 Å². The molecule has 2 amide bonds. The number of piperidine rings is 1. The summed E-state index contributed by atoms with van der Waals surface area (Å²) in [6, 6.07) is 9.44. The van der Waals surface area contributed by atoms with Gasteiger partial charge in [-0.15, -0.1) is 0 Å². The summed E-state index contributed by atoms with van der Waals surface area (Å²) in [5.74, 6) is 0.0323. The van der Waals surface area contributed by atoms with Gasteiger partial charge in [0.25, 0.3) is 5.91 Å². The van der Waals surface area contributed by atoms with Crippen molar-refractivity contribution in [2.75, 3.05) is 25.5 Å². The summed E-state index contributed by atoms with van der Waals surface area (Å²) in [6.07, 6.45) is 4.34. The van der Waals surface area contributed by atoms with E-state index in [0.717, 1.165) is 12.8 Å². The average Bonchev–Trinajstić information content (AvgIpc) is 2.73. The van der Waals surface area contributed by atoms with Crippen molar-refractivity contribution in [3.8, 4) is 5.75 Å². The first kappa shape index (κ1) is 19.8. The lowest BCUT2D eigenvalue weighted by atomic mass is 9.93. The van der Waals surface area contributed by atoms with E-state index < -0.39 is 5.82 Å². The molecule has 1 aromatic heterocycles. The van der Waals surface area contributed by atoms with E-state index in [-0.39, 0.29) is 23.4 Å². The van der Waals surface area contributed by atoms with Crippen LogP contribution in [0.3, 0.4) is 0 Å². The predicted octanol–water partition coefficient (Wildman–Crippen LogP) is 3.50. The van der Waals surface area contributed by atoms with Gasteiger partial charge in [0.05, 0.1) is 12.8 Å². The molecule has 0 saturated carbocycles. The van der Waals surface area contributed by atoms with Gasteiger partial charge in [0.1, 0.15) is 17.3 Å². The molecule has 6 nitrogen and oxygen atoms in total. The number of halogens is 1. The highest BCUT2D eigenvalue weighted by Gasteiger charge is 2.25. The Morgan fingerprint density at radius 3 is 2.93 bits per heavy atom. The number of benzene rings is 1. The summed E-state index contributed by atoms with van der Waals surface area (Å²) in [4.78, 5) is 30.8. The molecule has 1 aliphatic rings. The van der Waals surface area contributed by atoms with Crippen LogP contribution in [0.4, 0.5) is 10.1 Å². The third-order valence-electron chi connectivity index (χ3n) is 4.92. The van der Waals surface area contributed by atoms with Crippen molar-refractivity contribution in [2.45, 2.75) is 25.7 Å². The first-order valence-electron chi connectivity index (χ1n) is 9.40. The number of nitrogens with one attached hydrogen (secondary N) is 1.